The fourth-order valence-electron chi connectivity index (χ4n) is 2.02. The number of urea groups is 1. The van der Waals surface area contributed by atoms with Crippen LogP contribution in [0.2, 0.25) is 5.02 Å². The second-order valence-corrected chi connectivity index (χ2v) is 5.76. The normalized spacial score (nSPS) is 16.8. The number of amides is 4. The number of hydrogen-bond acceptors (Lipinski definition) is 3. The Balaban J connectivity index is 1.90. The van der Waals surface area contributed by atoms with Gasteiger partial charge in [-0.15, -0.1) is 0 Å². The summed E-state index contributed by atoms with van der Waals surface area (Å²) in [6, 6.07) is 6.28. The minimum atomic E-state index is -0.916. The van der Waals surface area contributed by atoms with Crippen LogP contribution >= 0.6 is 11.6 Å². The van der Waals surface area contributed by atoms with Crippen LogP contribution in [-0.2, 0) is 9.59 Å². The van der Waals surface area contributed by atoms with E-state index in [1.54, 1.807) is 38.1 Å². The Kier molecular flexibility index (Phi) is 4.18. The molecular weight excluding hydrogens is 294 g/mol. The van der Waals surface area contributed by atoms with Crippen LogP contribution < -0.4 is 10.6 Å². The third-order valence-corrected chi connectivity index (χ3v) is 3.35. The molecule has 1 aromatic rings. The highest BCUT2D eigenvalue weighted by atomic mass is 35.5. The smallest absolute Gasteiger partial charge is 0.325 e. The van der Waals surface area contributed by atoms with E-state index in [9.17, 15) is 14.4 Å². The lowest BCUT2D eigenvalue weighted by Crippen LogP contribution is -2.40. The maximum absolute atomic E-state index is 11.9. The summed E-state index contributed by atoms with van der Waals surface area (Å²) in [6.45, 7) is 3.29. The Morgan fingerprint density at radius 2 is 2.10 bits per heavy atom. The lowest BCUT2D eigenvalue weighted by Gasteiger charge is -2.15. The first-order valence-corrected chi connectivity index (χ1v) is 6.87. The van der Waals surface area contributed by atoms with E-state index in [2.05, 4.69) is 10.6 Å². The van der Waals surface area contributed by atoms with Crippen LogP contribution in [0.5, 0.6) is 0 Å². The van der Waals surface area contributed by atoms with Crippen molar-refractivity contribution in [1.29, 1.82) is 0 Å². The van der Waals surface area contributed by atoms with Crippen LogP contribution in [0.4, 0.5) is 10.5 Å². The zero-order valence-electron chi connectivity index (χ0n) is 11.8. The predicted octanol–water partition coefficient (Wildman–Crippen LogP) is 2.00. The van der Waals surface area contributed by atoms with Gasteiger partial charge < -0.3 is 10.6 Å². The third kappa shape index (κ3) is 3.52. The zero-order valence-corrected chi connectivity index (χ0v) is 12.5. The van der Waals surface area contributed by atoms with Crippen LogP contribution in [0.25, 0.3) is 0 Å². The topological polar surface area (TPSA) is 78.5 Å². The van der Waals surface area contributed by atoms with Gasteiger partial charge in [-0.05, 0) is 32.0 Å². The van der Waals surface area contributed by atoms with Crippen LogP contribution in [0, 0.1) is 0 Å². The molecule has 0 saturated carbocycles. The number of carbonyl (C=O) groups excluding carboxylic acids is 3. The van der Waals surface area contributed by atoms with Crippen molar-refractivity contribution in [3.8, 4) is 0 Å². The minimum Gasteiger partial charge on any atom is -0.326 e. The van der Waals surface area contributed by atoms with Gasteiger partial charge in [-0.25, -0.2) is 4.79 Å². The van der Waals surface area contributed by atoms with Crippen molar-refractivity contribution in [3.05, 3.63) is 29.3 Å². The van der Waals surface area contributed by atoms with Crippen LogP contribution in [-0.4, -0.2) is 34.8 Å². The number of anilines is 1. The molecule has 1 aliphatic rings. The first-order chi connectivity index (χ1) is 9.79. The number of benzene rings is 1. The molecule has 1 saturated heterocycles. The number of rotatable bonds is 4. The van der Waals surface area contributed by atoms with E-state index in [4.69, 9.17) is 11.6 Å². The van der Waals surface area contributed by atoms with E-state index >= 15 is 0 Å². The molecule has 0 aliphatic carbocycles. The second-order valence-electron chi connectivity index (χ2n) is 5.32. The lowest BCUT2D eigenvalue weighted by molar-refractivity contribution is -0.130. The number of nitrogens with one attached hydrogen (secondary N) is 2. The molecule has 0 atom stereocenters. The summed E-state index contributed by atoms with van der Waals surface area (Å²) in [6.07, 6.45) is 0.0295. The van der Waals surface area contributed by atoms with Gasteiger partial charge >= 0.3 is 6.03 Å². The SMILES string of the molecule is CC1(C)NC(=O)N(CCC(=O)Nc2cccc(Cl)c2)C1=O. The van der Waals surface area contributed by atoms with E-state index in [0.717, 1.165) is 4.90 Å². The zero-order chi connectivity index (χ0) is 15.6. The average Bonchev–Trinajstić information content (AvgIpc) is 2.56. The molecule has 0 radical (unpaired) electrons. The summed E-state index contributed by atoms with van der Waals surface area (Å²) in [7, 11) is 0. The highest BCUT2D eigenvalue weighted by Crippen LogP contribution is 2.18. The Morgan fingerprint density at radius 3 is 2.67 bits per heavy atom. The fraction of sp³-hybridized carbons (Fsp3) is 0.357. The number of hydrogen-bond donors (Lipinski definition) is 2. The quantitative estimate of drug-likeness (QED) is 0.835. The Morgan fingerprint density at radius 1 is 1.38 bits per heavy atom. The van der Waals surface area contributed by atoms with Gasteiger partial charge in [0.1, 0.15) is 5.54 Å². The van der Waals surface area contributed by atoms with E-state index in [1.165, 1.54) is 0 Å². The molecule has 1 heterocycles. The second kappa shape index (κ2) is 5.73. The molecule has 0 spiro atoms. The van der Waals surface area contributed by atoms with Crippen molar-refractivity contribution in [3.63, 3.8) is 0 Å². The van der Waals surface area contributed by atoms with Gasteiger partial charge in [0, 0.05) is 23.7 Å². The number of imide groups is 1. The number of nitrogens with zero attached hydrogens (tertiary/aromatic N) is 1. The van der Waals surface area contributed by atoms with Crippen molar-refractivity contribution in [2.75, 3.05) is 11.9 Å². The van der Waals surface area contributed by atoms with Crippen molar-refractivity contribution in [2.45, 2.75) is 25.8 Å². The van der Waals surface area contributed by atoms with Gasteiger partial charge in [0.25, 0.3) is 5.91 Å². The molecule has 0 bridgehead atoms. The van der Waals surface area contributed by atoms with Gasteiger partial charge in [-0.2, -0.15) is 0 Å². The van der Waals surface area contributed by atoms with E-state index in [1.807, 2.05) is 0 Å². The molecular formula is C14H16ClN3O3. The molecule has 112 valence electrons. The minimum absolute atomic E-state index is 0.0295. The van der Waals surface area contributed by atoms with Crippen molar-refractivity contribution < 1.29 is 14.4 Å². The average molecular weight is 310 g/mol. The van der Waals surface area contributed by atoms with E-state index < -0.39 is 11.6 Å². The molecule has 1 aromatic carbocycles. The van der Waals surface area contributed by atoms with Gasteiger partial charge in [-0.1, -0.05) is 17.7 Å². The largest absolute Gasteiger partial charge is 0.326 e. The van der Waals surface area contributed by atoms with Crippen molar-refractivity contribution in [2.24, 2.45) is 0 Å². The van der Waals surface area contributed by atoms with Gasteiger partial charge in [-0.3, -0.25) is 14.5 Å². The summed E-state index contributed by atoms with van der Waals surface area (Å²) in [5.74, 6) is -0.620. The monoisotopic (exact) mass is 309 g/mol. The molecule has 1 aliphatic heterocycles. The van der Waals surface area contributed by atoms with E-state index in [0.29, 0.717) is 10.7 Å². The van der Waals surface area contributed by atoms with Crippen molar-refractivity contribution in [1.82, 2.24) is 10.2 Å². The summed E-state index contributed by atoms with van der Waals surface area (Å²) in [5, 5.41) is 5.74. The van der Waals surface area contributed by atoms with Crippen LogP contribution in [0.3, 0.4) is 0 Å². The Hall–Kier alpha value is -2.08. The molecule has 2 rings (SSSR count). The third-order valence-electron chi connectivity index (χ3n) is 3.12. The Bertz CT molecular complexity index is 601. The molecule has 4 amide bonds. The molecule has 0 unspecified atom stereocenters. The van der Waals surface area contributed by atoms with Crippen molar-refractivity contribution >= 4 is 35.1 Å². The van der Waals surface area contributed by atoms with E-state index in [-0.39, 0.29) is 24.8 Å². The summed E-state index contributed by atoms with van der Waals surface area (Å²) in [5.41, 5.74) is -0.342. The first kappa shape index (κ1) is 15.3. The van der Waals surface area contributed by atoms with Crippen LogP contribution in [0.15, 0.2) is 24.3 Å². The molecule has 0 aromatic heterocycles. The standard InChI is InChI=1S/C14H16ClN3O3/c1-14(2)12(20)18(13(21)17-14)7-6-11(19)16-10-5-3-4-9(15)8-10/h3-5,8H,6-7H2,1-2H3,(H,16,19)(H,17,21). The molecule has 7 heteroatoms. The fourth-order valence-corrected chi connectivity index (χ4v) is 2.21. The predicted molar refractivity (Wildman–Crippen MR) is 79.0 cm³/mol. The maximum atomic E-state index is 11.9. The number of carbonyl (C=O) groups is 3. The molecule has 6 nitrogen and oxygen atoms in total. The first-order valence-electron chi connectivity index (χ1n) is 6.49. The Labute approximate surface area is 127 Å². The van der Waals surface area contributed by atoms with Crippen LogP contribution in [0.1, 0.15) is 20.3 Å². The lowest BCUT2D eigenvalue weighted by atomic mass is 10.1. The number of halogens is 1. The molecule has 2 N–H and O–H groups in total. The van der Waals surface area contributed by atoms with Gasteiger partial charge in [0.15, 0.2) is 0 Å². The molecule has 1 fully saturated rings. The molecule has 21 heavy (non-hydrogen) atoms. The summed E-state index contributed by atoms with van der Waals surface area (Å²) >= 11 is 5.82. The maximum Gasteiger partial charge on any atom is 0.325 e. The highest BCUT2D eigenvalue weighted by Gasteiger charge is 2.43. The van der Waals surface area contributed by atoms with Gasteiger partial charge in [0.2, 0.25) is 5.91 Å². The summed E-state index contributed by atoms with van der Waals surface area (Å²) < 4.78 is 0. The van der Waals surface area contributed by atoms with Gasteiger partial charge in [0.05, 0.1) is 0 Å². The highest BCUT2D eigenvalue weighted by molar-refractivity contribution is 6.30. The summed E-state index contributed by atoms with van der Waals surface area (Å²) in [4.78, 5) is 36.5.